The number of nitrogens with zero attached hydrogens (tertiary/aromatic N) is 2. The van der Waals surface area contributed by atoms with Gasteiger partial charge in [-0.1, -0.05) is 18.2 Å². The maximum absolute atomic E-state index is 11.4. The largest absolute Gasteiger partial charge is 0.475 e. The van der Waals surface area contributed by atoms with Gasteiger partial charge < -0.3 is 14.7 Å². The van der Waals surface area contributed by atoms with E-state index in [9.17, 15) is 9.59 Å². The van der Waals surface area contributed by atoms with Gasteiger partial charge in [-0.25, -0.2) is 9.78 Å². The molecule has 2 N–H and O–H groups in total. The Balaban J connectivity index is 2.13. The van der Waals surface area contributed by atoms with Crippen molar-refractivity contribution in [2.75, 3.05) is 0 Å². The van der Waals surface area contributed by atoms with E-state index in [1.807, 2.05) is 42.1 Å². The van der Waals surface area contributed by atoms with Crippen LogP contribution in [0.3, 0.4) is 0 Å². The van der Waals surface area contributed by atoms with Crippen molar-refractivity contribution in [2.24, 2.45) is 7.05 Å². The molecule has 2 heterocycles. The standard InChI is InChI=1S/C14H11N3O3/c1-17-7-9(8-4-2-3-5-11(8)17)13-15-6-10(16-13)12(18)14(19)20/h2-7H,1H3,(H,15,16)(H,19,20). The lowest BCUT2D eigenvalue weighted by Crippen LogP contribution is -2.12. The topological polar surface area (TPSA) is 88.0 Å². The first-order valence-corrected chi connectivity index (χ1v) is 5.95. The van der Waals surface area contributed by atoms with Gasteiger partial charge in [-0.2, -0.15) is 0 Å². The highest BCUT2D eigenvalue weighted by Crippen LogP contribution is 2.27. The number of aromatic nitrogens is 3. The van der Waals surface area contributed by atoms with E-state index in [1.165, 1.54) is 6.20 Å². The fourth-order valence-electron chi connectivity index (χ4n) is 2.22. The molecule has 20 heavy (non-hydrogen) atoms. The van der Waals surface area contributed by atoms with Crippen LogP contribution >= 0.6 is 0 Å². The van der Waals surface area contributed by atoms with E-state index in [4.69, 9.17) is 5.11 Å². The van der Waals surface area contributed by atoms with Crippen molar-refractivity contribution in [1.82, 2.24) is 14.5 Å². The minimum Gasteiger partial charge on any atom is -0.475 e. The SMILES string of the molecule is Cn1cc(-c2ncc(C(=O)C(=O)O)[nH]2)c2ccccc21. The summed E-state index contributed by atoms with van der Waals surface area (Å²) in [6.07, 6.45) is 3.13. The van der Waals surface area contributed by atoms with Gasteiger partial charge in [0.05, 0.1) is 6.20 Å². The van der Waals surface area contributed by atoms with Crippen molar-refractivity contribution in [2.45, 2.75) is 0 Å². The number of aryl methyl sites for hydroxylation is 1. The summed E-state index contributed by atoms with van der Waals surface area (Å²) in [5.74, 6) is -2.02. The Bertz CT molecular complexity index is 829. The summed E-state index contributed by atoms with van der Waals surface area (Å²) in [4.78, 5) is 28.9. The number of hydrogen-bond donors (Lipinski definition) is 2. The van der Waals surface area contributed by atoms with Crippen molar-refractivity contribution >= 4 is 22.7 Å². The Hall–Kier alpha value is -2.89. The fraction of sp³-hybridized carbons (Fsp3) is 0.0714. The minimum absolute atomic E-state index is 0.0274. The van der Waals surface area contributed by atoms with Crippen LogP contribution in [0.5, 0.6) is 0 Å². The molecule has 1 aromatic carbocycles. The Morgan fingerprint density at radius 3 is 2.80 bits per heavy atom. The molecule has 0 spiro atoms. The predicted octanol–water partition coefficient (Wildman–Crippen LogP) is 1.84. The molecule has 3 rings (SSSR count). The molecule has 0 atom stereocenters. The first-order chi connectivity index (χ1) is 9.58. The molecule has 6 nitrogen and oxygen atoms in total. The van der Waals surface area contributed by atoms with Gasteiger partial charge in [0, 0.05) is 29.7 Å². The number of H-pyrrole nitrogens is 1. The quantitative estimate of drug-likeness (QED) is 0.561. The lowest BCUT2D eigenvalue weighted by molar-refractivity contribution is -0.131. The number of carbonyl (C=O) groups excluding carboxylic acids is 1. The first-order valence-electron chi connectivity index (χ1n) is 5.95. The summed E-state index contributed by atoms with van der Waals surface area (Å²) in [7, 11) is 1.91. The second-order valence-electron chi connectivity index (χ2n) is 4.45. The molecular formula is C14H11N3O3. The molecule has 0 radical (unpaired) electrons. The lowest BCUT2D eigenvalue weighted by atomic mass is 10.2. The predicted molar refractivity (Wildman–Crippen MR) is 72.5 cm³/mol. The van der Waals surface area contributed by atoms with Crippen molar-refractivity contribution in [3.8, 4) is 11.4 Å². The zero-order chi connectivity index (χ0) is 14.3. The van der Waals surface area contributed by atoms with E-state index in [2.05, 4.69) is 9.97 Å². The van der Waals surface area contributed by atoms with Crippen LogP contribution in [0.15, 0.2) is 36.7 Å². The number of fused-ring (bicyclic) bond motifs is 1. The van der Waals surface area contributed by atoms with E-state index in [1.54, 1.807) is 0 Å². The summed E-state index contributed by atoms with van der Waals surface area (Å²) in [5.41, 5.74) is 1.83. The van der Waals surface area contributed by atoms with Gasteiger partial charge in [0.15, 0.2) is 0 Å². The summed E-state index contributed by atoms with van der Waals surface area (Å²) in [5, 5.41) is 9.67. The Labute approximate surface area is 113 Å². The highest BCUT2D eigenvalue weighted by atomic mass is 16.4. The normalized spacial score (nSPS) is 10.8. The van der Waals surface area contributed by atoms with E-state index in [0.717, 1.165) is 16.5 Å². The first kappa shape index (κ1) is 12.2. The van der Waals surface area contributed by atoms with Gasteiger partial charge in [-0.3, -0.25) is 4.79 Å². The molecule has 0 saturated carbocycles. The van der Waals surface area contributed by atoms with Crippen LogP contribution in [-0.2, 0) is 11.8 Å². The van der Waals surface area contributed by atoms with Crippen LogP contribution in [0.1, 0.15) is 10.5 Å². The third kappa shape index (κ3) is 1.78. The maximum atomic E-state index is 11.4. The molecule has 0 fully saturated rings. The number of carbonyl (C=O) groups is 2. The molecule has 0 aliphatic heterocycles. The van der Waals surface area contributed by atoms with Gasteiger partial charge in [0.25, 0.3) is 5.78 Å². The molecule has 0 aliphatic carbocycles. The third-order valence-electron chi connectivity index (χ3n) is 3.17. The molecule has 2 aromatic heterocycles. The number of Topliss-reactive ketones (excluding diaryl/α,β-unsaturated/α-hetero) is 1. The Morgan fingerprint density at radius 1 is 1.30 bits per heavy atom. The van der Waals surface area contributed by atoms with Crippen molar-refractivity contribution in [3.63, 3.8) is 0 Å². The highest BCUT2D eigenvalue weighted by molar-refractivity contribution is 6.39. The van der Waals surface area contributed by atoms with Crippen LogP contribution in [-0.4, -0.2) is 31.4 Å². The number of aromatic amines is 1. The fourth-order valence-corrected chi connectivity index (χ4v) is 2.22. The molecule has 0 bridgehead atoms. The van der Waals surface area contributed by atoms with Crippen LogP contribution in [0.2, 0.25) is 0 Å². The van der Waals surface area contributed by atoms with E-state index >= 15 is 0 Å². The van der Waals surface area contributed by atoms with Crippen LogP contribution in [0.25, 0.3) is 22.3 Å². The number of hydrogen-bond acceptors (Lipinski definition) is 3. The highest BCUT2D eigenvalue weighted by Gasteiger charge is 2.19. The summed E-state index contributed by atoms with van der Waals surface area (Å²) in [6.45, 7) is 0. The number of rotatable bonds is 3. The molecule has 6 heteroatoms. The molecule has 0 aliphatic rings. The maximum Gasteiger partial charge on any atom is 0.378 e. The molecule has 100 valence electrons. The van der Waals surface area contributed by atoms with Gasteiger partial charge in [-0.05, 0) is 6.07 Å². The van der Waals surface area contributed by atoms with Gasteiger partial charge in [0.2, 0.25) is 0 Å². The molecule has 0 saturated heterocycles. The van der Waals surface area contributed by atoms with E-state index < -0.39 is 11.8 Å². The zero-order valence-electron chi connectivity index (χ0n) is 10.6. The van der Waals surface area contributed by atoms with Crippen molar-refractivity contribution in [3.05, 3.63) is 42.4 Å². The molecule has 0 unspecified atom stereocenters. The minimum atomic E-state index is -1.50. The average Bonchev–Trinajstić information content (AvgIpc) is 3.03. The van der Waals surface area contributed by atoms with Gasteiger partial charge in [-0.15, -0.1) is 0 Å². The van der Waals surface area contributed by atoms with Gasteiger partial charge in [0.1, 0.15) is 11.5 Å². The zero-order valence-corrected chi connectivity index (χ0v) is 10.6. The van der Waals surface area contributed by atoms with Crippen LogP contribution in [0, 0.1) is 0 Å². The van der Waals surface area contributed by atoms with E-state index in [0.29, 0.717) is 5.82 Å². The second kappa shape index (κ2) is 4.34. The van der Waals surface area contributed by atoms with Crippen LogP contribution < -0.4 is 0 Å². The smallest absolute Gasteiger partial charge is 0.378 e. The van der Waals surface area contributed by atoms with Crippen molar-refractivity contribution in [1.29, 1.82) is 0 Å². The number of ketones is 1. The lowest BCUT2D eigenvalue weighted by Gasteiger charge is -1.94. The van der Waals surface area contributed by atoms with Gasteiger partial charge >= 0.3 is 5.97 Å². The Morgan fingerprint density at radius 2 is 2.05 bits per heavy atom. The third-order valence-corrected chi connectivity index (χ3v) is 3.17. The number of para-hydroxylation sites is 1. The second-order valence-corrected chi connectivity index (χ2v) is 4.45. The number of aliphatic carboxylic acids is 1. The molecule has 3 aromatic rings. The number of imidazole rings is 1. The van der Waals surface area contributed by atoms with Crippen molar-refractivity contribution < 1.29 is 14.7 Å². The number of carboxylic acids is 1. The average molecular weight is 269 g/mol. The summed E-state index contributed by atoms with van der Waals surface area (Å²) < 4.78 is 1.95. The Kier molecular flexibility index (Phi) is 2.64. The summed E-state index contributed by atoms with van der Waals surface area (Å²) >= 11 is 0. The monoisotopic (exact) mass is 269 g/mol. The molecule has 0 amide bonds. The summed E-state index contributed by atoms with van der Waals surface area (Å²) in [6, 6.07) is 7.78. The van der Waals surface area contributed by atoms with Crippen LogP contribution in [0.4, 0.5) is 0 Å². The number of benzene rings is 1. The number of nitrogens with one attached hydrogen (secondary N) is 1. The van der Waals surface area contributed by atoms with E-state index in [-0.39, 0.29) is 5.69 Å². The molecular weight excluding hydrogens is 258 g/mol. The number of carboxylic acid groups (broad SMARTS) is 1.